The molecule has 1 aromatic rings. The molecule has 0 aliphatic heterocycles. The molecule has 0 saturated carbocycles. The van der Waals surface area contributed by atoms with Crippen LogP contribution in [0.2, 0.25) is 25.7 Å². The zero-order chi connectivity index (χ0) is 13.3. The van der Waals surface area contributed by atoms with E-state index in [9.17, 15) is 4.79 Å². The highest BCUT2D eigenvalue weighted by Gasteiger charge is 2.30. The van der Waals surface area contributed by atoms with E-state index in [4.69, 9.17) is 0 Å². The van der Waals surface area contributed by atoms with Crippen molar-refractivity contribution in [3.8, 4) is 0 Å². The van der Waals surface area contributed by atoms with Gasteiger partial charge in [0.2, 0.25) is 0 Å². The first-order valence-electron chi connectivity index (χ1n) is 6.65. The first-order valence-corrected chi connectivity index (χ1v) is 10.4. The smallest absolute Gasteiger partial charge is 0.166 e. The maximum absolute atomic E-state index is 12.3. The van der Waals surface area contributed by atoms with Gasteiger partial charge in [-0.25, -0.2) is 0 Å². The third-order valence-corrected chi connectivity index (χ3v) is 5.00. The van der Waals surface area contributed by atoms with Crippen LogP contribution in [0.5, 0.6) is 0 Å². The monoisotopic (exact) mass is 258 g/mol. The minimum Gasteiger partial charge on any atom is -0.294 e. The summed E-state index contributed by atoms with van der Waals surface area (Å²) in [5.41, 5.74) is 3.41. The molecular formula is C16H22OSi. The molecule has 96 valence electrons. The van der Waals surface area contributed by atoms with E-state index in [1.54, 1.807) is 0 Å². The Bertz CT molecular complexity index is 482. The van der Waals surface area contributed by atoms with E-state index in [1.807, 2.05) is 18.2 Å². The normalized spacial score (nSPS) is 18.8. The van der Waals surface area contributed by atoms with Crippen molar-refractivity contribution in [1.82, 2.24) is 0 Å². The molecule has 0 spiro atoms. The molecule has 1 aliphatic rings. The second-order valence-electron chi connectivity index (χ2n) is 6.61. The highest BCUT2D eigenvalue weighted by atomic mass is 28.3. The molecule has 1 aromatic carbocycles. The summed E-state index contributed by atoms with van der Waals surface area (Å²) in [6.07, 6.45) is 1.78. The molecule has 2 heteroatoms. The van der Waals surface area contributed by atoms with E-state index in [2.05, 4.69) is 32.3 Å². The molecule has 1 nitrogen and oxygen atoms in total. The Morgan fingerprint density at radius 3 is 2.61 bits per heavy atom. The summed E-state index contributed by atoms with van der Waals surface area (Å²) in [5, 5.41) is 0. The van der Waals surface area contributed by atoms with Crippen LogP contribution in [0, 0.1) is 5.92 Å². The van der Waals surface area contributed by atoms with Crippen LogP contribution in [0.1, 0.15) is 22.3 Å². The SMILES string of the molecule is C=C(CC1Cc2ccccc2C1=O)C[Si](C)(C)C. The zero-order valence-corrected chi connectivity index (χ0v) is 12.6. The largest absolute Gasteiger partial charge is 0.294 e. The van der Waals surface area contributed by atoms with E-state index < -0.39 is 8.07 Å². The van der Waals surface area contributed by atoms with Crippen LogP contribution >= 0.6 is 0 Å². The second-order valence-corrected chi connectivity index (χ2v) is 12.1. The molecule has 2 rings (SSSR count). The molecule has 0 radical (unpaired) electrons. The average molecular weight is 258 g/mol. The lowest BCUT2D eigenvalue weighted by molar-refractivity contribution is 0.0936. The third kappa shape index (κ3) is 2.99. The summed E-state index contributed by atoms with van der Waals surface area (Å²) in [7, 11) is -1.10. The van der Waals surface area contributed by atoms with Gasteiger partial charge in [-0.05, 0) is 24.4 Å². The molecule has 18 heavy (non-hydrogen) atoms. The lowest BCUT2D eigenvalue weighted by atomic mass is 9.97. The van der Waals surface area contributed by atoms with Crippen LogP contribution in [0.3, 0.4) is 0 Å². The summed E-state index contributed by atoms with van der Waals surface area (Å²) in [6, 6.07) is 9.14. The van der Waals surface area contributed by atoms with Crippen molar-refractivity contribution < 1.29 is 4.79 Å². The number of carbonyl (C=O) groups is 1. The van der Waals surface area contributed by atoms with E-state index in [1.165, 1.54) is 11.1 Å². The van der Waals surface area contributed by atoms with Crippen molar-refractivity contribution in [3.05, 3.63) is 47.5 Å². The van der Waals surface area contributed by atoms with Crippen LogP contribution in [-0.2, 0) is 6.42 Å². The van der Waals surface area contributed by atoms with Crippen LogP contribution in [-0.4, -0.2) is 13.9 Å². The molecular weight excluding hydrogens is 236 g/mol. The Morgan fingerprint density at radius 1 is 1.33 bits per heavy atom. The molecule has 0 amide bonds. The van der Waals surface area contributed by atoms with E-state index in [0.717, 1.165) is 24.4 Å². The predicted molar refractivity (Wildman–Crippen MR) is 79.9 cm³/mol. The van der Waals surface area contributed by atoms with Gasteiger partial charge in [0, 0.05) is 19.6 Å². The fraction of sp³-hybridized carbons (Fsp3) is 0.438. The Hall–Kier alpha value is -1.15. The second kappa shape index (κ2) is 4.85. The summed E-state index contributed by atoms with van der Waals surface area (Å²) in [6.45, 7) is 11.2. The third-order valence-electron chi connectivity index (χ3n) is 3.44. The molecule has 0 heterocycles. The van der Waals surface area contributed by atoms with Crippen molar-refractivity contribution in [1.29, 1.82) is 0 Å². The number of hydrogen-bond donors (Lipinski definition) is 0. The van der Waals surface area contributed by atoms with Gasteiger partial charge < -0.3 is 0 Å². The van der Waals surface area contributed by atoms with E-state index in [-0.39, 0.29) is 5.92 Å². The molecule has 0 aromatic heterocycles. The molecule has 0 saturated heterocycles. The van der Waals surface area contributed by atoms with Crippen LogP contribution in [0.25, 0.3) is 0 Å². The fourth-order valence-electron chi connectivity index (χ4n) is 2.85. The molecule has 0 fully saturated rings. The Kier molecular flexibility index (Phi) is 3.58. The van der Waals surface area contributed by atoms with Gasteiger partial charge in [-0.15, -0.1) is 6.58 Å². The number of ketones is 1. The lowest BCUT2D eigenvalue weighted by Gasteiger charge is -2.19. The number of hydrogen-bond acceptors (Lipinski definition) is 1. The van der Waals surface area contributed by atoms with Crippen LogP contribution in [0.4, 0.5) is 0 Å². The quantitative estimate of drug-likeness (QED) is 0.580. The summed E-state index contributed by atoms with van der Waals surface area (Å²) < 4.78 is 0. The van der Waals surface area contributed by atoms with Crippen LogP contribution in [0.15, 0.2) is 36.4 Å². The summed E-state index contributed by atoms with van der Waals surface area (Å²) >= 11 is 0. The first-order chi connectivity index (χ1) is 8.37. The summed E-state index contributed by atoms with van der Waals surface area (Å²) in [4.78, 5) is 12.3. The lowest BCUT2D eigenvalue weighted by Crippen LogP contribution is -2.21. The first kappa shape index (κ1) is 13.3. The average Bonchev–Trinajstić information content (AvgIpc) is 2.54. The standard InChI is InChI=1S/C16H22OSi/c1-12(11-18(2,3)4)9-14-10-13-7-5-6-8-15(13)16(14)17/h5-8,14H,1,9-11H2,2-4H3. The number of carbonyl (C=O) groups excluding carboxylic acids is 1. The molecule has 0 N–H and O–H groups in total. The van der Waals surface area contributed by atoms with Gasteiger partial charge in [0.25, 0.3) is 0 Å². The minimum atomic E-state index is -1.10. The molecule has 1 aliphatic carbocycles. The van der Waals surface area contributed by atoms with Gasteiger partial charge in [-0.3, -0.25) is 4.79 Å². The number of rotatable bonds is 4. The number of allylic oxidation sites excluding steroid dienone is 1. The Morgan fingerprint density at radius 2 is 2.00 bits per heavy atom. The van der Waals surface area contributed by atoms with Crippen LogP contribution < -0.4 is 0 Å². The highest BCUT2D eigenvalue weighted by Crippen LogP contribution is 2.32. The maximum atomic E-state index is 12.3. The van der Waals surface area contributed by atoms with Gasteiger partial charge in [0.15, 0.2) is 5.78 Å². The van der Waals surface area contributed by atoms with Crippen molar-refractivity contribution in [3.63, 3.8) is 0 Å². The van der Waals surface area contributed by atoms with Crippen molar-refractivity contribution in [2.45, 2.75) is 38.5 Å². The maximum Gasteiger partial charge on any atom is 0.166 e. The zero-order valence-electron chi connectivity index (χ0n) is 11.6. The van der Waals surface area contributed by atoms with Gasteiger partial charge >= 0.3 is 0 Å². The number of Topliss-reactive ketones (excluding diaryl/α,β-unsaturated/α-hetero) is 1. The Labute approximate surface area is 111 Å². The molecule has 0 bridgehead atoms. The predicted octanol–water partition coefficient (Wildman–Crippen LogP) is 4.33. The van der Waals surface area contributed by atoms with Gasteiger partial charge in [-0.1, -0.05) is 49.5 Å². The number of fused-ring (bicyclic) bond motifs is 1. The van der Waals surface area contributed by atoms with E-state index >= 15 is 0 Å². The number of benzene rings is 1. The van der Waals surface area contributed by atoms with Crippen molar-refractivity contribution in [2.24, 2.45) is 5.92 Å². The fourth-order valence-corrected chi connectivity index (χ4v) is 4.50. The molecule has 1 unspecified atom stereocenters. The van der Waals surface area contributed by atoms with Gasteiger partial charge in [0.05, 0.1) is 0 Å². The highest BCUT2D eigenvalue weighted by molar-refractivity contribution is 6.76. The Balaban J connectivity index is 2.02. The van der Waals surface area contributed by atoms with E-state index in [0.29, 0.717) is 5.78 Å². The van der Waals surface area contributed by atoms with Gasteiger partial charge in [-0.2, -0.15) is 0 Å². The van der Waals surface area contributed by atoms with Gasteiger partial charge in [0.1, 0.15) is 0 Å². The topological polar surface area (TPSA) is 17.1 Å². The van der Waals surface area contributed by atoms with Crippen molar-refractivity contribution >= 4 is 13.9 Å². The minimum absolute atomic E-state index is 0.145. The van der Waals surface area contributed by atoms with Crippen molar-refractivity contribution in [2.75, 3.05) is 0 Å². The molecule has 1 atom stereocenters. The summed E-state index contributed by atoms with van der Waals surface area (Å²) in [5.74, 6) is 0.466.